The number of hydrogen-bond donors (Lipinski definition) is 0. The van der Waals surface area contributed by atoms with E-state index in [0.29, 0.717) is 23.3 Å². The average Bonchev–Trinajstić information content (AvgIpc) is 0.831. The van der Waals surface area contributed by atoms with Crippen molar-refractivity contribution >= 4 is 0 Å². The van der Waals surface area contributed by atoms with Crippen molar-refractivity contribution in [3.63, 3.8) is 0 Å². The van der Waals surface area contributed by atoms with Gasteiger partial charge in [0.15, 0.2) is 29.1 Å². The molecular weight excluding hydrogens is 1290 g/mol. The summed E-state index contributed by atoms with van der Waals surface area (Å²) in [6, 6.07) is 77.9. The average molecular weight is 1360 g/mol. The highest BCUT2D eigenvalue weighted by Gasteiger charge is 2.13. The third kappa shape index (κ3) is 17.8. The lowest BCUT2D eigenvalue weighted by molar-refractivity contribution is 0.928. The van der Waals surface area contributed by atoms with Crippen molar-refractivity contribution in [2.75, 3.05) is 0 Å². The van der Waals surface area contributed by atoms with Gasteiger partial charge in [-0.25, -0.2) is 69.8 Å². The normalized spacial score (nSPS) is 10.7. The highest BCUT2D eigenvalue weighted by Crippen LogP contribution is 2.32. The van der Waals surface area contributed by atoms with Crippen LogP contribution in [-0.2, 0) is 0 Å². The third-order valence-corrected chi connectivity index (χ3v) is 16.4. The van der Waals surface area contributed by atoms with Gasteiger partial charge in [-0.05, 0) is 183 Å². The van der Waals surface area contributed by atoms with Gasteiger partial charge in [-0.15, -0.1) is 0 Å². The fourth-order valence-corrected chi connectivity index (χ4v) is 11.6. The number of benzene rings is 7. The minimum Gasteiger partial charge on any atom is -0.265 e. The summed E-state index contributed by atoms with van der Waals surface area (Å²) >= 11 is 0. The summed E-state index contributed by atoms with van der Waals surface area (Å²) < 4.78 is 0. The summed E-state index contributed by atoms with van der Waals surface area (Å²) in [6.07, 6.45) is 14.4. The third-order valence-electron chi connectivity index (χ3n) is 16.4. The Balaban J connectivity index is 0.000000123. The molecule has 16 rings (SSSR count). The lowest BCUT2D eigenvalue weighted by atomic mass is 9.99. The molecule has 0 aliphatic carbocycles. The summed E-state index contributed by atoms with van der Waals surface area (Å²) in [5, 5.41) is 0. The van der Waals surface area contributed by atoms with Gasteiger partial charge in [-0.1, -0.05) is 164 Å². The topological polar surface area (TPSA) is 232 Å². The molecule has 0 fully saturated rings. The van der Waals surface area contributed by atoms with Gasteiger partial charge in [0.1, 0.15) is 46.6 Å². The molecule has 9 heterocycles. The Kier molecular flexibility index (Phi) is 21.5. The molecule has 0 unspecified atom stereocenters. The second-order valence-corrected chi connectivity index (χ2v) is 24.3. The van der Waals surface area contributed by atoms with Gasteiger partial charge in [0.25, 0.3) is 0 Å². The Bertz CT molecular complexity index is 4780. The van der Waals surface area contributed by atoms with Crippen molar-refractivity contribution < 1.29 is 0 Å². The highest BCUT2D eigenvalue weighted by atomic mass is 15.0. The summed E-state index contributed by atoms with van der Waals surface area (Å²) in [7, 11) is 0. The van der Waals surface area contributed by atoms with E-state index in [2.05, 4.69) is 211 Å². The smallest absolute Gasteiger partial charge is 0.163 e. The van der Waals surface area contributed by atoms with Crippen LogP contribution in [0.15, 0.2) is 280 Å². The summed E-state index contributed by atoms with van der Waals surface area (Å²) in [5.41, 5.74) is 20.2. The van der Waals surface area contributed by atoms with Crippen molar-refractivity contribution in [1.82, 2.24) is 89.7 Å². The van der Waals surface area contributed by atoms with Crippen LogP contribution in [0.1, 0.15) is 46.6 Å². The van der Waals surface area contributed by atoms with Gasteiger partial charge in [0.05, 0.1) is 11.4 Å². The van der Waals surface area contributed by atoms with E-state index in [0.717, 1.165) is 153 Å². The molecule has 0 radical (unpaired) electrons. The van der Waals surface area contributed by atoms with Crippen LogP contribution in [0.2, 0.25) is 0 Å². The first-order valence-electron chi connectivity index (χ1n) is 33.7. The molecule has 0 atom stereocenters. The molecule has 18 heteroatoms. The molecule has 504 valence electrons. The zero-order valence-corrected chi connectivity index (χ0v) is 58.6. The maximum Gasteiger partial charge on any atom is 0.163 e. The number of rotatable bonds is 12. The summed E-state index contributed by atoms with van der Waals surface area (Å²) in [5.74, 6) is 9.38. The SMILES string of the molecule is Cc1nc(C)nc(-c2cccc(-c3ccc(-c4ccccn4)nc3)c2)n1.Cc1nc(C)nc(-c2cccc(-c3ccc(-c4cccnc4)cc3)c2)n1.Cc1nc(C)nc(-c2cccc(-c3ccc(-c4ccncc4)cc3)c2)n1.Cc1nc(C)nc(-c2cccc(-c3ccc(-c4ncccn4)cc3)c2)n1. The molecule has 0 spiro atoms. The van der Waals surface area contributed by atoms with Gasteiger partial charge in [-0.2, -0.15) is 0 Å². The Morgan fingerprint density at radius 1 is 0.163 bits per heavy atom. The van der Waals surface area contributed by atoms with Gasteiger partial charge in [-0.3, -0.25) is 19.9 Å². The maximum atomic E-state index is 4.55. The number of pyridine rings is 4. The zero-order valence-electron chi connectivity index (χ0n) is 58.6. The monoisotopic (exact) mass is 1350 g/mol. The van der Waals surface area contributed by atoms with Crippen LogP contribution in [0.3, 0.4) is 0 Å². The Morgan fingerprint density at radius 2 is 0.471 bits per heavy atom. The van der Waals surface area contributed by atoms with Gasteiger partial charge < -0.3 is 0 Å². The summed E-state index contributed by atoms with van der Waals surface area (Å²) in [6.45, 7) is 15.1. The molecule has 18 nitrogen and oxygen atoms in total. The van der Waals surface area contributed by atoms with Crippen molar-refractivity contribution in [1.29, 1.82) is 0 Å². The number of aromatic nitrogens is 18. The molecule has 9 aromatic heterocycles. The zero-order chi connectivity index (χ0) is 71.7. The molecule has 104 heavy (non-hydrogen) atoms. The van der Waals surface area contributed by atoms with Gasteiger partial charge >= 0.3 is 0 Å². The highest BCUT2D eigenvalue weighted by molar-refractivity contribution is 5.77. The molecule has 0 saturated heterocycles. The second-order valence-electron chi connectivity index (χ2n) is 24.3. The molecule has 0 saturated carbocycles. The molecule has 0 aliphatic rings. The molecular formula is C86H70N18. The van der Waals surface area contributed by atoms with E-state index >= 15 is 0 Å². The van der Waals surface area contributed by atoms with Crippen LogP contribution >= 0.6 is 0 Å². The predicted molar refractivity (Wildman–Crippen MR) is 409 cm³/mol. The minimum atomic E-state index is 0.690. The Morgan fingerprint density at radius 3 is 0.827 bits per heavy atom. The molecule has 7 aromatic carbocycles. The van der Waals surface area contributed by atoms with Crippen molar-refractivity contribution in [2.45, 2.75) is 55.4 Å². The molecule has 0 bridgehead atoms. The van der Waals surface area contributed by atoms with Gasteiger partial charge in [0, 0.05) is 83.0 Å². The van der Waals surface area contributed by atoms with Crippen LogP contribution in [0.4, 0.5) is 0 Å². The lowest BCUT2D eigenvalue weighted by Gasteiger charge is -2.07. The molecule has 0 aliphatic heterocycles. The van der Waals surface area contributed by atoms with Crippen molar-refractivity contribution in [3.8, 4) is 135 Å². The van der Waals surface area contributed by atoms with Crippen LogP contribution < -0.4 is 0 Å². The Hall–Kier alpha value is -13.7. The molecule has 0 amide bonds. The Labute approximate surface area is 603 Å². The first-order valence-corrected chi connectivity index (χ1v) is 33.7. The maximum absolute atomic E-state index is 4.55. The lowest BCUT2D eigenvalue weighted by Crippen LogP contribution is -1.98. The molecule has 0 N–H and O–H groups in total. The van der Waals surface area contributed by atoms with Crippen molar-refractivity contribution in [2.24, 2.45) is 0 Å². The van der Waals surface area contributed by atoms with E-state index < -0.39 is 0 Å². The van der Waals surface area contributed by atoms with E-state index in [4.69, 9.17) is 0 Å². The number of nitrogens with zero attached hydrogens (tertiary/aromatic N) is 18. The summed E-state index contributed by atoms with van der Waals surface area (Å²) in [4.78, 5) is 78.4. The minimum absolute atomic E-state index is 0.690. The van der Waals surface area contributed by atoms with Crippen LogP contribution in [-0.4, -0.2) is 89.7 Å². The van der Waals surface area contributed by atoms with Crippen LogP contribution in [0.25, 0.3) is 135 Å². The van der Waals surface area contributed by atoms with Crippen LogP contribution in [0.5, 0.6) is 0 Å². The van der Waals surface area contributed by atoms with Crippen LogP contribution in [0, 0.1) is 55.4 Å². The standard InChI is InChI=1S/2C22H18N4.2C21H17N5/c1-15-24-16(2)26-22(25-15)20-6-3-5-19(13-20)17-8-10-18(11-9-17)21-7-4-12-23-14-21;1-15-24-16(2)26-22(25-15)21-5-3-4-20(14-21)18-8-6-17(7-9-18)19-10-12-23-13-11-19;1-14-24-15(2)26-21(25-14)19-6-3-5-18(13-19)16-7-9-17(10-8-16)20-22-11-4-12-23-20;1-14-24-15(2)26-21(25-14)17-7-5-6-16(12-17)18-9-10-20(23-13-18)19-8-3-4-11-22-19/h2*3-14H,1-2H3;2*3-13H,1-2H3. The fourth-order valence-electron chi connectivity index (χ4n) is 11.6. The van der Waals surface area contributed by atoms with E-state index in [9.17, 15) is 0 Å². The largest absolute Gasteiger partial charge is 0.265 e. The number of hydrogen-bond acceptors (Lipinski definition) is 18. The predicted octanol–water partition coefficient (Wildman–Crippen LogP) is 18.3. The fraction of sp³-hybridized carbons (Fsp3) is 0.0930. The van der Waals surface area contributed by atoms with E-state index in [-0.39, 0.29) is 0 Å². The van der Waals surface area contributed by atoms with E-state index in [1.807, 2.05) is 189 Å². The van der Waals surface area contributed by atoms with Crippen molar-refractivity contribution in [3.05, 3.63) is 327 Å². The first kappa shape index (κ1) is 68.8. The number of aryl methyl sites for hydroxylation is 8. The molecule has 16 aromatic rings. The van der Waals surface area contributed by atoms with E-state index in [1.165, 1.54) is 5.56 Å². The quantitative estimate of drug-likeness (QED) is 0.111. The van der Waals surface area contributed by atoms with Gasteiger partial charge in [0.2, 0.25) is 0 Å². The second kappa shape index (κ2) is 32.5. The van der Waals surface area contributed by atoms with E-state index in [1.54, 1.807) is 24.8 Å². The first-order chi connectivity index (χ1) is 50.7.